The Labute approximate surface area is 225 Å². The van der Waals surface area contributed by atoms with Gasteiger partial charge < -0.3 is 30.3 Å². The first kappa shape index (κ1) is 28.4. The number of esters is 1. The number of hydrogen-bond acceptors (Lipinski definition) is 7. The van der Waals surface area contributed by atoms with Crippen LogP contribution in [-0.2, 0) is 4.74 Å². The van der Waals surface area contributed by atoms with Crippen LogP contribution in [-0.4, -0.2) is 49.8 Å². The molecule has 3 rings (SSSR count). The molecule has 0 aromatic heterocycles. The highest BCUT2D eigenvalue weighted by atomic mass is 16.5. The van der Waals surface area contributed by atoms with Gasteiger partial charge in [-0.1, -0.05) is 0 Å². The topological polar surface area (TPSA) is 94.1 Å². The van der Waals surface area contributed by atoms with Gasteiger partial charge in [-0.2, -0.15) is 0 Å². The van der Waals surface area contributed by atoms with Crippen molar-refractivity contribution in [3.8, 4) is 0 Å². The Bertz CT molecular complexity index is 1220. The van der Waals surface area contributed by atoms with E-state index < -0.39 is 11.9 Å². The average molecular weight is 519 g/mol. The summed E-state index contributed by atoms with van der Waals surface area (Å²) in [6, 6.07) is 19.0. The van der Waals surface area contributed by atoms with Crippen LogP contribution in [0.1, 0.15) is 55.3 Å². The van der Waals surface area contributed by atoms with Crippen molar-refractivity contribution in [2.75, 3.05) is 53.2 Å². The molecule has 0 aliphatic rings. The third kappa shape index (κ3) is 6.76. The normalized spacial score (nSPS) is 10.6. The molecule has 202 valence electrons. The number of carboxylic acid groups (broad SMARTS) is 1. The predicted molar refractivity (Wildman–Crippen MR) is 156 cm³/mol. The largest absolute Gasteiger partial charge is 0.478 e. The minimum atomic E-state index is -1.21. The number of benzene rings is 3. The SMILES string of the molecule is CCOC(=O)c1cc(Nc2ccc(N(CC)CC)cc2)c(Nc2ccc(N(CC)CC)cc2)cc1C(=O)O. The van der Waals surface area contributed by atoms with Crippen LogP contribution in [0.4, 0.5) is 34.1 Å². The van der Waals surface area contributed by atoms with Gasteiger partial charge in [-0.25, -0.2) is 9.59 Å². The van der Waals surface area contributed by atoms with E-state index in [9.17, 15) is 14.7 Å². The van der Waals surface area contributed by atoms with Crippen LogP contribution >= 0.6 is 0 Å². The number of hydrogen-bond donors (Lipinski definition) is 3. The zero-order valence-electron chi connectivity index (χ0n) is 22.9. The molecule has 0 saturated heterocycles. The van der Waals surface area contributed by atoms with E-state index >= 15 is 0 Å². The lowest BCUT2D eigenvalue weighted by Gasteiger charge is -2.22. The lowest BCUT2D eigenvalue weighted by atomic mass is 10.0. The van der Waals surface area contributed by atoms with Gasteiger partial charge in [0.05, 0.1) is 29.1 Å². The Balaban J connectivity index is 2.02. The quantitative estimate of drug-likeness (QED) is 0.214. The Hall–Kier alpha value is -4.20. The maximum atomic E-state index is 12.6. The van der Waals surface area contributed by atoms with Crippen molar-refractivity contribution in [2.24, 2.45) is 0 Å². The molecule has 0 unspecified atom stereocenters. The minimum absolute atomic E-state index is 0.0101. The molecule has 0 amide bonds. The third-order valence-electron chi connectivity index (χ3n) is 6.43. The summed E-state index contributed by atoms with van der Waals surface area (Å²) in [5, 5.41) is 16.6. The average Bonchev–Trinajstić information content (AvgIpc) is 2.92. The van der Waals surface area contributed by atoms with Gasteiger partial charge in [0.15, 0.2) is 0 Å². The zero-order valence-corrected chi connectivity index (χ0v) is 22.9. The third-order valence-corrected chi connectivity index (χ3v) is 6.43. The summed E-state index contributed by atoms with van der Waals surface area (Å²) in [5.41, 5.74) is 4.76. The first-order valence-electron chi connectivity index (χ1n) is 13.2. The number of anilines is 6. The number of nitrogens with zero attached hydrogens (tertiary/aromatic N) is 2. The molecule has 0 aliphatic carbocycles. The van der Waals surface area contributed by atoms with Gasteiger partial charge in [-0.15, -0.1) is 0 Å². The summed E-state index contributed by atoms with van der Waals surface area (Å²) in [6.07, 6.45) is 0. The fourth-order valence-corrected chi connectivity index (χ4v) is 4.36. The van der Waals surface area contributed by atoms with E-state index in [1.54, 1.807) is 6.92 Å². The van der Waals surface area contributed by atoms with Crippen LogP contribution in [0.3, 0.4) is 0 Å². The second-order valence-corrected chi connectivity index (χ2v) is 8.66. The van der Waals surface area contributed by atoms with E-state index in [0.29, 0.717) is 11.4 Å². The van der Waals surface area contributed by atoms with E-state index in [0.717, 1.165) is 48.9 Å². The Morgan fingerprint density at radius 2 is 1.08 bits per heavy atom. The van der Waals surface area contributed by atoms with E-state index in [2.05, 4.69) is 48.1 Å². The molecule has 8 nitrogen and oxygen atoms in total. The highest BCUT2D eigenvalue weighted by Crippen LogP contribution is 2.33. The van der Waals surface area contributed by atoms with Crippen LogP contribution in [0.5, 0.6) is 0 Å². The Morgan fingerprint density at radius 1 is 0.684 bits per heavy atom. The molecule has 0 bridgehead atoms. The van der Waals surface area contributed by atoms with Crippen molar-refractivity contribution >= 4 is 46.1 Å². The van der Waals surface area contributed by atoms with Gasteiger partial charge in [-0.05, 0) is 95.3 Å². The number of carboxylic acids is 1. The maximum Gasteiger partial charge on any atom is 0.339 e. The summed E-state index contributed by atoms with van der Waals surface area (Å²) in [4.78, 5) is 29.2. The second kappa shape index (κ2) is 13.4. The Kier molecular flexibility index (Phi) is 9.99. The number of carbonyl (C=O) groups excluding carboxylic acids is 1. The van der Waals surface area contributed by atoms with Gasteiger partial charge in [0.2, 0.25) is 0 Å². The number of carbonyl (C=O) groups is 2. The molecule has 0 saturated carbocycles. The molecule has 0 fully saturated rings. The highest BCUT2D eigenvalue weighted by molar-refractivity contribution is 6.05. The summed E-state index contributed by atoms with van der Waals surface area (Å²) in [6.45, 7) is 13.9. The number of rotatable bonds is 13. The minimum Gasteiger partial charge on any atom is -0.478 e. The molecule has 3 aromatic rings. The van der Waals surface area contributed by atoms with Crippen molar-refractivity contribution in [3.05, 3.63) is 71.8 Å². The zero-order chi connectivity index (χ0) is 27.7. The first-order chi connectivity index (χ1) is 18.3. The standard InChI is InChI=1S/C30H38N4O4/c1-6-33(7-2)23-15-11-21(12-16-23)31-27-19-25(29(35)36)26(30(37)38-10-5)20-28(27)32-22-13-17-24(18-14-22)34(8-3)9-4/h11-20,31-32H,6-10H2,1-5H3,(H,35,36). The lowest BCUT2D eigenvalue weighted by Crippen LogP contribution is -2.21. The smallest absolute Gasteiger partial charge is 0.339 e. The monoisotopic (exact) mass is 518 g/mol. The molecule has 3 aromatic carbocycles. The van der Waals surface area contributed by atoms with Crippen LogP contribution < -0.4 is 20.4 Å². The summed E-state index contributed by atoms with van der Waals surface area (Å²) < 4.78 is 5.15. The molecule has 0 heterocycles. The molecular formula is C30H38N4O4. The molecule has 8 heteroatoms. The fraction of sp³-hybridized carbons (Fsp3) is 0.333. The molecular weight excluding hydrogens is 480 g/mol. The fourth-order valence-electron chi connectivity index (χ4n) is 4.36. The van der Waals surface area contributed by atoms with Crippen molar-refractivity contribution < 1.29 is 19.4 Å². The van der Waals surface area contributed by atoms with Crippen LogP contribution in [0.2, 0.25) is 0 Å². The number of ether oxygens (including phenoxy) is 1. The predicted octanol–water partition coefficient (Wildman–Crippen LogP) is 6.74. The molecule has 0 aliphatic heterocycles. The molecule has 0 radical (unpaired) electrons. The van der Waals surface area contributed by atoms with Crippen molar-refractivity contribution in [1.29, 1.82) is 0 Å². The van der Waals surface area contributed by atoms with Crippen molar-refractivity contribution in [2.45, 2.75) is 34.6 Å². The van der Waals surface area contributed by atoms with E-state index in [1.807, 2.05) is 48.5 Å². The van der Waals surface area contributed by atoms with Gasteiger partial charge in [0.25, 0.3) is 0 Å². The van der Waals surface area contributed by atoms with E-state index in [1.165, 1.54) is 12.1 Å². The van der Waals surface area contributed by atoms with Crippen molar-refractivity contribution in [3.63, 3.8) is 0 Å². The van der Waals surface area contributed by atoms with Crippen LogP contribution in [0.15, 0.2) is 60.7 Å². The van der Waals surface area contributed by atoms with Gasteiger partial charge >= 0.3 is 11.9 Å². The molecule has 38 heavy (non-hydrogen) atoms. The van der Waals surface area contributed by atoms with E-state index in [-0.39, 0.29) is 17.7 Å². The molecule has 0 spiro atoms. The Morgan fingerprint density at radius 3 is 1.42 bits per heavy atom. The number of aromatic carboxylic acids is 1. The maximum absolute atomic E-state index is 12.6. The van der Waals surface area contributed by atoms with Crippen LogP contribution in [0, 0.1) is 0 Å². The second-order valence-electron chi connectivity index (χ2n) is 8.66. The van der Waals surface area contributed by atoms with Crippen LogP contribution in [0.25, 0.3) is 0 Å². The lowest BCUT2D eigenvalue weighted by molar-refractivity contribution is 0.0514. The van der Waals surface area contributed by atoms with Gasteiger partial charge in [0, 0.05) is 48.9 Å². The molecule has 0 atom stereocenters. The molecule has 3 N–H and O–H groups in total. The first-order valence-corrected chi connectivity index (χ1v) is 13.2. The highest BCUT2D eigenvalue weighted by Gasteiger charge is 2.21. The van der Waals surface area contributed by atoms with Gasteiger partial charge in [0.1, 0.15) is 0 Å². The van der Waals surface area contributed by atoms with E-state index in [4.69, 9.17) is 4.74 Å². The van der Waals surface area contributed by atoms with Crippen molar-refractivity contribution in [1.82, 2.24) is 0 Å². The van der Waals surface area contributed by atoms with Gasteiger partial charge in [-0.3, -0.25) is 0 Å². The number of nitrogens with one attached hydrogen (secondary N) is 2. The summed E-state index contributed by atoms with van der Waals surface area (Å²) in [7, 11) is 0. The summed E-state index contributed by atoms with van der Waals surface area (Å²) in [5.74, 6) is -1.89. The summed E-state index contributed by atoms with van der Waals surface area (Å²) >= 11 is 0.